The Kier molecular flexibility index (Phi) is 8.59. The lowest BCUT2D eigenvalue weighted by Crippen LogP contribution is -2.38. The predicted octanol–water partition coefficient (Wildman–Crippen LogP) is 4.34. The van der Waals surface area contributed by atoms with Gasteiger partial charge in [0.05, 0.1) is 0 Å². The second kappa shape index (κ2) is 11.2. The fourth-order valence-electron chi connectivity index (χ4n) is 3.99. The smallest absolute Gasteiger partial charge is 0.407 e. The summed E-state index contributed by atoms with van der Waals surface area (Å²) < 4.78 is 22.8. The minimum absolute atomic E-state index is 0.0135. The van der Waals surface area contributed by atoms with E-state index in [1.165, 1.54) is 5.56 Å². The molecule has 1 N–H and O–H groups in total. The summed E-state index contributed by atoms with van der Waals surface area (Å²) in [5, 5.41) is 2.81. The minimum atomic E-state index is -2.30. The van der Waals surface area contributed by atoms with Crippen molar-refractivity contribution in [3.05, 3.63) is 65.2 Å². The zero-order chi connectivity index (χ0) is 25.6. The van der Waals surface area contributed by atoms with Crippen molar-refractivity contribution < 1.29 is 23.3 Å². The molecule has 1 heterocycles. The van der Waals surface area contributed by atoms with Crippen LogP contribution in [0.3, 0.4) is 0 Å². The fraction of sp³-hybridized carbons (Fsp3) is 0.481. The van der Waals surface area contributed by atoms with Crippen molar-refractivity contribution in [2.24, 2.45) is 0 Å². The largest absolute Gasteiger partial charge is 0.482 e. The van der Waals surface area contributed by atoms with Crippen LogP contribution < -0.4 is 10.1 Å². The van der Waals surface area contributed by atoms with Gasteiger partial charge in [0.15, 0.2) is 0 Å². The van der Waals surface area contributed by atoms with Gasteiger partial charge in [0.2, 0.25) is 0 Å². The molecule has 1 fully saturated rings. The van der Waals surface area contributed by atoms with Crippen LogP contribution in [-0.2, 0) is 21.2 Å². The van der Waals surface area contributed by atoms with E-state index in [1.807, 2.05) is 37.8 Å². The normalized spacial score (nSPS) is 15.4. The molecule has 0 saturated carbocycles. The number of hydrogen-bond donors (Lipinski definition) is 2. The molecule has 2 aromatic carbocycles. The van der Waals surface area contributed by atoms with Crippen LogP contribution in [0, 0.1) is 0 Å². The molecule has 0 bridgehead atoms. The van der Waals surface area contributed by atoms with Crippen LogP contribution in [0.4, 0.5) is 4.79 Å². The number of nitrogens with one attached hydrogen (secondary N) is 1. The summed E-state index contributed by atoms with van der Waals surface area (Å²) in [7, 11) is -2.30. The summed E-state index contributed by atoms with van der Waals surface area (Å²) in [5.74, 6) is 1.06. The molecule has 1 aliphatic heterocycles. The van der Waals surface area contributed by atoms with Crippen LogP contribution in [0.25, 0.3) is 0 Å². The molecule has 0 spiro atoms. The summed E-state index contributed by atoms with van der Waals surface area (Å²) in [6.07, 6.45) is 4.68. The van der Waals surface area contributed by atoms with E-state index >= 15 is 0 Å². The molecule has 2 aromatic rings. The summed E-state index contributed by atoms with van der Waals surface area (Å²) in [5.41, 5.74) is 2.30. The van der Waals surface area contributed by atoms with E-state index < -0.39 is 21.6 Å². The minimum Gasteiger partial charge on any atom is -0.482 e. The lowest BCUT2D eigenvalue weighted by atomic mass is 9.88. The highest BCUT2D eigenvalue weighted by molar-refractivity contribution is 8.01. The van der Waals surface area contributed by atoms with Crippen LogP contribution in [0.5, 0.6) is 5.75 Å². The molecule has 0 radical (unpaired) electrons. The average Bonchev–Trinajstić information content (AvgIpc) is 2.80. The van der Waals surface area contributed by atoms with Gasteiger partial charge in [-0.25, -0.2) is 4.79 Å². The Morgan fingerprint density at radius 2 is 1.74 bits per heavy atom. The zero-order valence-corrected chi connectivity index (χ0v) is 22.3. The summed E-state index contributed by atoms with van der Waals surface area (Å²) >= 11 is 0. The van der Waals surface area contributed by atoms with E-state index in [9.17, 15) is 13.8 Å². The molecule has 3 rings (SSSR count). The summed E-state index contributed by atoms with van der Waals surface area (Å²) in [4.78, 5) is 26.9. The third-order valence-electron chi connectivity index (χ3n) is 5.66. The highest BCUT2D eigenvalue weighted by atomic mass is 32.2. The molecule has 1 aliphatic rings. The molecule has 192 valence electrons. The standard InChI is InChI=1S/C27H38N2O5S/c1-27(2,3)34-26(31)28-18-20-8-6-9-22(16-20)21-12-14-29(15-13-21)25(30)23-10-7-11-24(17-23)33-19-35(4,5)32/h6-11,16-17,21,35H,12-15,18-19H2,1-5H3,(H,28,31). The Morgan fingerprint density at radius 1 is 1.06 bits per heavy atom. The van der Waals surface area contributed by atoms with E-state index in [0.717, 1.165) is 18.4 Å². The second-order valence-corrected chi connectivity index (χ2v) is 13.9. The monoisotopic (exact) mass is 502 g/mol. The number of piperidine rings is 1. The van der Waals surface area contributed by atoms with E-state index in [1.54, 1.807) is 36.8 Å². The van der Waals surface area contributed by atoms with Crippen LogP contribution in [0.2, 0.25) is 0 Å². The summed E-state index contributed by atoms with van der Waals surface area (Å²) in [6, 6.07) is 15.3. The van der Waals surface area contributed by atoms with Gasteiger partial charge in [-0.1, -0.05) is 40.3 Å². The molecular formula is C27H38N2O5S. The van der Waals surface area contributed by atoms with Crippen LogP contribution in [0.1, 0.15) is 61.0 Å². The van der Waals surface area contributed by atoms with Crippen molar-refractivity contribution in [1.29, 1.82) is 0 Å². The third-order valence-corrected chi connectivity index (χ3v) is 6.41. The van der Waals surface area contributed by atoms with Crippen LogP contribution >= 0.6 is 0 Å². The van der Waals surface area contributed by atoms with Crippen LogP contribution in [0.15, 0.2) is 48.5 Å². The van der Waals surface area contributed by atoms with Crippen molar-refractivity contribution in [3.8, 4) is 5.75 Å². The predicted molar refractivity (Wildman–Crippen MR) is 141 cm³/mol. The van der Waals surface area contributed by atoms with Gasteiger partial charge < -0.3 is 19.7 Å². The number of nitrogens with zero attached hydrogens (tertiary/aromatic N) is 1. The van der Waals surface area contributed by atoms with E-state index in [0.29, 0.717) is 36.9 Å². The van der Waals surface area contributed by atoms with E-state index in [-0.39, 0.29) is 11.8 Å². The molecule has 7 nitrogen and oxygen atoms in total. The van der Waals surface area contributed by atoms with Crippen molar-refractivity contribution in [2.45, 2.75) is 51.7 Å². The highest BCUT2D eigenvalue weighted by Crippen LogP contribution is 2.29. The van der Waals surface area contributed by atoms with Gasteiger partial charge in [0.1, 0.15) is 17.3 Å². The molecule has 0 unspecified atom stereocenters. The number of ether oxygens (including phenoxy) is 2. The van der Waals surface area contributed by atoms with Crippen LogP contribution in [-0.4, -0.2) is 58.3 Å². The maximum absolute atomic E-state index is 13.1. The number of carbonyl (C=O) groups excluding carboxylic acids is 2. The third kappa shape index (κ3) is 8.69. The molecular weight excluding hydrogens is 464 g/mol. The highest BCUT2D eigenvalue weighted by Gasteiger charge is 2.25. The Labute approximate surface area is 209 Å². The first-order valence-corrected chi connectivity index (χ1v) is 14.8. The molecule has 0 aliphatic carbocycles. The Balaban J connectivity index is 1.54. The molecule has 0 atom stereocenters. The zero-order valence-electron chi connectivity index (χ0n) is 21.4. The second-order valence-electron chi connectivity index (χ2n) is 10.5. The fourth-order valence-corrected chi connectivity index (χ4v) is 4.45. The van der Waals surface area contributed by atoms with Crippen molar-refractivity contribution >= 4 is 21.9 Å². The maximum Gasteiger partial charge on any atom is 0.407 e. The number of carbonyl (C=O) groups is 2. The van der Waals surface area contributed by atoms with Crippen molar-refractivity contribution in [2.75, 3.05) is 31.5 Å². The number of hydrogen-bond acceptors (Lipinski definition) is 5. The Morgan fingerprint density at radius 3 is 2.40 bits per heavy atom. The van der Waals surface area contributed by atoms with Crippen molar-refractivity contribution in [3.63, 3.8) is 0 Å². The van der Waals surface area contributed by atoms with Gasteiger partial charge >= 0.3 is 6.09 Å². The number of amides is 2. The van der Waals surface area contributed by atoms with Gasteiger partial charge in [0, 0.05) is 25.2 Å². The van der Waals surface area contributed by atoms with Gasteiger partial charge in [0.25, 0.3) is 5.91 Å². The quantitative estimate of drug-likeness (QED) is 0.550. The Bertz CT molecular complexity index is 1080. The lowest BCUT2D eigenvalue weighted by molar-refractivity contribution is 0.0523. The van der Waals surface area contributed by atoms with E-state index in [2.05, 4.69) is 17.4 Å². The lowest BCUT2D eigenvalue weighted by Gasteiger charge is -2.32. The average molecular weight is 503 g/mol. The van der Waals surface area contributed by atoms with Gasteiger partial charge in [-0.2, -0.15) is 0 Å². The number of benzene rings is 2. The molecule has 8 heteroatoms. The first-order valence-electron chi connectivity index (χ1n) is 12.0. The maximum atomic E-state index is 13.1. The first-order chi connectivity index (χ1) is 16.4. The molecule has 0 aromatic heterocycles. The number of rotatable bonds is 7. The number of alkyl carbamates (subject to hydrolysis) is 1. The molecule has 1 saturated heterocycles. The van der Waals surface area contributed by atoms with Gasteiger partial charge in [-0.05, 0) is 81.4 Å². The SMILES string of the molecule is CC(C)(C)OC(=O)NCc1cccc(C2CCN(C(=O)c3cccc(OC[SH](C)(C)=O)c3)CC2)c1. The van der Waals surface area contributed by atoms with Crippen molar-refractivity contribution in [1.82, 2.24) is 10.2 Å². The Hall–Kier alpha value is -2.87. The number of likely N-dealkylation sites (tertiary alicyclic amines) is 1. The molecule has 2 amide bonds. The van der Waals surface area contributed by atoms with Gasteiger partial charge in [-0.15, -0.1) is 0 Å². The van der Waals surface area contributed by atoms with E-state index in [4.69, 9.17) is 9.47 Å². The number of thiol groups is 1. The van der Waals surface area contributed by atoms with Gasteiger partial charge in [-0.3, -0.25) is 9.00 Å². The first kappa shape index (κ1) is 26.7. The topological polar surface area (TPSA) is 84.9 Å². The molecule has 35 heavy (non-hydrogen) atoms. The summed E-state index contributed by atoms with van der Waals surface area (Å²) in [6.45, 7) is 7.27.